The molecule has 0 atom stereocenters. The summed E-state index contributed by atoms with van der Waals surface area (Å²) in [5.41, 5.74) is 0.869. The number of nitrogens with one attached hydrogen (secondary N) is 1. The highest BCUT2D eigenvalue weighted by atomic mass is 16.4. The summed E-state index contributed by atoms with van der Waals surface area (Å²) in [6, 6.07) is 1.87. The van der Waals surface area contributed by atoms with Gasteiger partial charge in [-0.05, 0) is 44.5 Å². The van der Waals surface area contributed by atoms with Crippen LogP contribution >= 0.6 is 0 Å². The Hall–Kier alpha value is -2.41. The van der Waals surface area contributed by atoms with Gasteiger partial charge in [-0.3, -0.25) is 4.79 Å². The van der Waals surface area contributed by atoms with Gasteiger partial charge in [-0.25, -0.2) is 9.78 Å². The first-order valence-electron chi connectivity index (χ1n) is 10.4. The maximum atomic E-state index is 13.1. The van der Waals surface area contributed by atoms with Crippen molar-refractivity contribution in [2.24, 2.45) is 0 Å². The van der Waals surface area contributed by atoms with E-state index in [9.17, 15) is 9.59 Å². The Morgan fingerprint density at radius 3 is 2.62 bits per heavy atom. The van der Waals surface area contributed by atoms with E-state index in [1.807, 2.05) is 33.8 Å². The molecule has 0 aliphatic carbocycles. The summed E-state index contributed by atoms with van der Waals surface area (Å²) in [6.45, 7) is 10.6. The van der Waals surface area contributed by atoms with Crippen LogP contribution in [-0.2, 0) is 18.4 Å². The summed E-state index contributed by atoms with van der Waals surface area (Å²) in [5, 5.41) is 3.31. The highest BCUT2D eigenvalue weighted by molar-refractivity contribution is 5.95. The fraction of sp³-hybridized carbons (Fsp3) is 0.591. The summed E-state index contributed by atoms with van der Waals surface area (Å²) < 4.78 is 11.5. The highest BCUT2D eigenvalue weighted by Crippen LogP contribution is 2.29. The van der Waals surface area contributed by atoms with Crippen molar-refractivity contribution in [3.63, 3.8) is 0 Å². The molecule has 1 fully saturated rings. The maximum absolute atomic E-state index is 13.1. The van der Waals surface area contributed by atoms with Crippen LogP contribution in [0.1, 0.15) is 78.6 Å². The molecule has 0 spiro atoms. The summed E-state index contributed by atoms with van der Waals surface area (Å²) in [7, 11) is 0. The van der Waals surface area contributed by atoms with Gasteiger partial charge in [-0.2, -0.15) is 0 Å². The predicted molar refractivity (Wildman–Crippen MR) is 108 cm³/mol. The molecule has 4 heterocycles. The van der Waals surface area contributed by atoms with Crippen molar-refractivity contribution < 1.29 is 13.6 Å². The van der Waals surface area contributed by atoms with Crippen LogP contribution in [0.15, 0.2) is 19.7 Å². The molecule has 0 saturated carbocycles. The van der Waals surface area contributed by atoms with Gasteiger partial charge in [-0.15, -0.1) is 0 Å². The van der Waals surface area contributed by atoms with E-state index in [1.54, 1.807) is 4.90 Å². The van der Waals surface area contributed by atoms with Crippen LogP contribution in [0, 0.1) is 6.92 Å². The monoisotopic (exact) mass is 399 g/mol. The smallest absolute Gasteiger partial charge is 0.349 e. The van der Waals surface area contributed by atoms with E-state index in [2.05, 4.69) is 10.3 Å². The van der Waals surface area contributed by atoms with Crippen LogP contribution in [0.2, 0.25) is 0 Å². The Morgan fingerprint density at radius 1 is 1.24 bits per heavy atom. The van der Waals surface area contributed by atoms with Gasteiger partial charge < -0.3 is 19.1 Å². The van der Waals surface area contributed by atoms with Crippen LogP contribution in [0.25, 0.3) is 0 Å². The zero-order valence-electron chi connectivity index (χ0n) is 17.6. The van der Waals surface area contributed by atoms with Crippen LogP contribution in [-0.4, -0.2) is 35.4 Å². The fourth-order valence-corrected chi connectivity index (χ4v) is 4.05. The number of aromatic nitrogens is 1. The van der Waals surface area contributed by atoms with E-state index < -0.39 is 5.63 Å². The van der Waals surface area contributed by atoms with Gasteiger partial charge in [0.15, 0.2) is 5.89 Å². The normalized spacial score (nSPS) is 18.0. The molecular weight excluding hydrogens is 370 g/mol. The van der Waals surface area contributed by atoms with E-state index in [1.165, 1.54) is 0 Å². The molecule has 7 nitrogen and oxygen atoms in total. The summed E-state index contributed by atoms with van der Waals surface area (Å²) >= 11 is 0. The van der Waals surface area contributed by atoms with Crippen molar-refractivity contribution in [1.82, 2.24) is 15.2 Å². The molecule has 0 aromatic carbocycles. The van der Waals surface area contributed by atoms with Crippen molar-refractivity contribution in [1.29, 1.82) is 0 Å². The first-order chi connectivity index (χ1) is 13.7. The Balaban J connectivity index is 1.57. The van der Waals surface area contributed by atoms with Crippen molar-refractivity contribution in [2.75, 3.05) is 19.6 Å². The number of fused-ring (bicyclic) bond motifs is 1. The Morgan fingerprint density at radius 2 is 1.97 bits per heavy atom. The van der Waals surface area contributed by atoms with Crippen LogP contribution in [0.3, 0.4) is 0 Å². The molecule has 7 heteroatoms. The molecule has 4 rings (SSSR count). The molecule has 1 saturated heterocycles. The van der Waals surface area contributed by atoms with E-state index in [0.717, 1.165) is 37.4 Å². The minimum Gasteiger partial charge on any atom is -0.445 e. The molecule has 2 aliphatic rings. The maximum Gasteiger partial charge on any atom is 0.349 e. The van der Waals surface area contributed by atoms with Crippen molar-refractivity contribution in [3.8, 4) is 0 Å². The van der Waals surface area contributed by atoms with Gasteiger partial charge in [0.2, 0.25) is 0 Å². The third-order valence-electron chi connectivity index (χ3n) is 5.78. The lowest BCUT2D eigenvalue weighted by molar-refractivity contribution is 0.0721. The second-order valence-electron chi connectivity index (χ2n) is 9.13. The Bertz CT molecular complexity index is 977. The van der Waals surface area contributed by atoms with Gasteiger partial charge >= 0.3 is 5.63 Å². The summed E-state index contributed by atoms with van der Waals surface area (Å²) in [6.07, 6.45) is 2.47. The largest absolute Gasteiger partial charge is 0.445 e. The predicted octanol–water partition coefficient (Wildman–Crippen LogP) is 2.90. The minimum absolute atomic E-state index is 0.130. The van der Waals surface area contributed by atoms with Crippen molar-refractivity contribution in [2.45, 2.75) is 64.8 Å². The minimum atomic E-state index is -0.537. The number of hydrogen-bond acceptors (Lipinski definition) is 6. The van der Waals surface area contributed by atoms with Gasteiger partial charge in [0.05, 0.1) is 6.54 Å². The molecule has 0 radical (unpaired) electrons. The molecule has 2 aromatic rings. The number of oxazole rings is 1. The number of rotatable bonds is 2. The van der Waals surface area contributed by atoms with Gasteiger partial charge in [0.25, 0.3) is 5.91 Å². The average Bonchev–Trinajstić information content (AvgIpc) is 3.12. The second kappa shape index (κ2) is 7.44. The molecule has 1 amide bonds. The van der Waals surface area contributed by atoms with Crippen LogP contribution < -0.4 is 10.9 Å². The van der Waals surface area contributed by atoms with E-state index in [4.69, 9.17) is 8.83 Å². The van der Waals surface area contributed by atoms with E-state index >= 15 is 0 Å². The third-order valence-corrected chi connectivity index (χ3v) is 5.78. The SMILES string of the molecule is Cc1cc(C2CCNCC2)oc(=O)c1C(=O)N1CCc2oc(C(C)(C)C)nc2C1. The zero-order valence-corrected chi connectivity index (χ0v) is 17.6. The third kappa shape index (κ3) is 3.88. The quantitative estimate of drug-likeness (QED) is 0.835. The van der Waals surface area contributed by atoms with Crippen LogP contribution in [0.5, 0.6) is 0 Å². The number of carbonyl (C=O) groups excluding carboxylic acids is 1. The van der Waals surface area contributed by atoms with Crippen molar-refractivity contribution >= 4 is 5.91 Å². The number of amides is 1. The molecular formula is C22H29N3O4. The van der Waals surface area contributed by atoms with Gasteiger partial charge in [0, 0.05) is 24.3 Å². The first-order valence-corrected chi connectivity index (χ1v) is 10.4. The molecule has 156 valence electrons. The Kier molecular flexibility index (Phi) is 5.11. The number of carbonyl (C=O) groups is 1. The molecule has 1 N–H and O–H groups in total. The molecule has 29 heavy (non-hydrogen) atoms. The number of aryl methyl sites for hydroxylation is 1. The molecule has 2 aliphatic heterocycles. The second-order valence-corrected chi connectivity index (χ2v) is 9.13. The standard InChI is InChI=1S/C22H29N3O4/c1-13-11-17(14-5-8-23-9-6-14)28-20(27)18(13)19(26)25-10-7-16-15(12-25)24-21(29-16)22(2,3)4/h11,14,23H,5-10,12H2,1-4H3. The van der Waals surface area contributed by atoms with E-state index in [0.29, 0.717) is 36.7 Å². The Labute approximate surface area is 170 Å². The van der Waals surface area contributed by atoms with Crippen LogP contribution in [0.4, 0.5) is 0 Å². The average molecular weight is 399 g/mol. The fourth-order valence-electron chi connectivity index (χ4n) is 4.05. The molecule has 2 aromatic heterocycles. The zero-order chi connectivity index (χ0) is 20.8. The lowest BCUT2D eigenvalue weighted by Gasteiger charge is -2.26. The lowest BCUT2D eigenvalue weighted by atomic mass is 9.94. The summed E-state index contributed by atoms with van der Waals surface area (Å²) in [5.74, 6) is 2.15. The first kappa shape index (κ1) is 19.9. The van der Waals surface area contributed by atoms with Gasteiger partial charge in [-0.1, -0.05) is 20.8 Å². The summed E-state index contributed by atoms with van der Waals surface area (Å²) in [4.78, 5) is 32.1. The topological polar surface area (TPSA) is 88.6 Å². The number of nitrogens with zero attached hydrogens (tertiary/aromatic N) is 2. The highest BCUT2D eigenvalue weighted by Gasteiger charge is 2.31. The molecule has 0 bridgehead atoms. The van der Waals surface area contributed by atoms with Crippen molar-refractivity contribution in [3.05, 3.63) is 50.7 Å². The number of piperidine rings is 1. The lowest BCUT2D eigenvalue weighted by Crippen LogP contribution is -2.38. The number of hydrogen-bond donors (Lipinski definition) is 1. The van der Waals surface area contributed by atoms with Gasteiger partial charge in [0.1, 0.15) is 22.8 Å². The van der Waals surface area contributed by atoms with E-state index in [-0.39, 0.29) is 22.8 Å². The molecule has 0 unspecified atom stereocenters.